The molecular weight excluding hydrogens is 407 g/mol. The molecule has 4 rings (SSSR count). The highest BCUT2D eigenvalue weighted by Gasteiger charge is 2.42. The van der Waals surface area contributed by atoms with Gasteiger partial charge in [0.05, 0.1) is 6.42 Å². The fourth-order valence-corrected chi connectivity index (χ4v) is 4.52. The zero-order valence-corrected chi connectivity index (χ0v) is 19.0. The molecule has 1 aromatic heterocycles. The monoisotopic (exact) mass is 438 g/mol. The Hall–Kier alpha value is -2.83. The molecule has 1 saturated heterocycles. The number of aromatic nitrogens is 2. The highest BCUT2D eigenvalue weighted by molar-refractivity contribution is 5.81. The number of hydrogen-bond acceptors (Lipinski definition) is 4. The first-order chi connectivity index (χ1) is 15.3. The quantitative estimate of drug-likeness (QED) is 0.750. The second-order valence-electron chi connectivity index (χ2n) is 9.25. The van der Waals surface area contributed by atoms with E-state index in [0.29, 0.717) is 19.0 Å². The zero-order chi connectivity index (χ0) is 22.8. The summed E-state index contributed by atoms with van der Waals surface area (Å²) in [6, 6.07) is 6.08. The third kappa shape index (κ3) is 5.14. The van der Waals surface area contributed by atoms with Crippen LogP contribution in [0.1, 0.15) is 60.4 Å². The SMILES string of the molecule is Cc1nc([C@@H]2CCCN(C(=O)[C@H]3C[C@@H]3C)C2)nc(C)c1CC(=O)NCc1ccc(F)cc1. The van der Waals surface area contributed by atoms with Crippen molar-refractivity contribution in [2.75, 3.05) is 13.1 Å². The number of rotatable bonds is 6. The van der Waals surface area contributed by atoms with Gasteiger partial charge in [0.25, 0.3) is 0 Å². The number of carbonyl (C=O) groups is 2. The summed E-state index contributed by atoms with van der Waals surface area (Å²) < 4.78 is 13.0. The fraction of sp³-hybridized carbons (Fsp3) is 0.520. The molecule has 0 bridgehead atoms. The maximum Gasteiger partial charge on any atom is 0.225 e. The molecule has 1 aliphatic carbocycles. The molecule has 2 heterocycles. The number of likely N-dealkylation sites (tertiary alicyclic amines) is 1. The summed E-state index contributed by atoms with van der Waals surface area (Å²) in [7, 11) is 0. The van der Waals surface area contributed by atoms with Crippen molar-refractivity contribution in [2.45, 2.75) is 58.9 Å². The van der Waals surface area contributed by atoms with Crippen LogP contribution in [0.15, 0.2) is 24.3 Å². The van der Waals surface area contributed by atoms with E-state index >= 15 is 0 Å². The van der Waals surface area contributed by atoms with Crippen molar-refractivity contribution in [3.05, 3.63) is 58.4 Å². The lowest BCUT2D eigenvalue weighted by atomic mass is 9.96. The zero-order valence-electron chi connectivity index (χ0n) is 19.0. The van der Waals surface area contributed by atoms with Gasteiger partial charge in [0, 0.05) is 48.4 Å². The third-order valence-corrected chi connectivity index (χ3v) is 6.70. The average molecular weight is 439 g/mol. The van der Waals surface area contributed by atoms with Gasteiger partial charge < -0.3 is 10.2 Å². The number of piperidine rings is 1. The molecule has 2 aliphatic rings. The van der Waals surface area contributed by atoms with Crippen molar-refractivity contribution in [1.82, 2.24) is 20.2 Å². The topological polar surface area (TPSA) is 75.2 Å². The Kier molecular flexibility index (Phi) is 6.53. The number of carbonyl (C=O) groups excluding carboxylic acids is 2. The Bertz CT molecular complexity index is 984. The van der Waals surface area contributed by atoms with Crippen LogP contribution in [0, 0.1) is 31.5 Å². The Balaban J connectivity index is 1.38. The minimum absolute atomic E-state index is 0.120. The van der Waals surface area contributed by atoms with E-state index in [1.54, 1.807) is 12.1 Å². The smallest absolute Gasteiger partial charge is 0.225 e. The molecule has 7 heteroatoms. The normalized spacial score (nSPS) is 22.5. The predicted molar refractivity (Wildman–Crippen MR) is 119 cm³/mol. The van der Waals surface area contributed by atoms with Crippen molar-refractivity contribution in [3.8, 4) is 0 Å². The first kappa shape index (κ1) is 22.4. The fourth-order valence-electron chi connectivity index (χ4n) is 4.52. The molecule has 0 unspecified atom stereocenters. The van der Waals surface area contributed by atoms with Crippen LogP contribution in [0.5, 0.6) is 0 Å². The van der Waals surface area contributed by atoms with Gasteiger partial charge in [-0.25, -0.2) is 14.4 Å². The number of nitrogens with zero attached hydrogens (tertiary/aromatic N) is 3. The van der Waals surface area contributed by atoms with Gasteiger partial charge in [-0.05, 0) is 56.7 Å². The Morgan fingerprint density at radius 1 is 1.16 bits per heavy atom. The summed E-state index contributed by atoms with van der Waals surface area (Å²) in [5.74, 6) is 1.49. The molecule has 2 aromatic rings. The van der Waals surface area contributed by atoms with Crippen molar-refractivity contribution in [1.29, 1.82) is 0 Å². The standard InChI is InChI=1S/C25H31FN4O2/c1-15-11-21(15)25(32)30-10-4-5-19(14-30)24-28-16(2)22(17(3)29-24)12-23(31)27-13-18-6-8-20(26)9-7-18/h6-9,15,19,21H,4-5,10-14H2,1-3H3,(H,27,31)/t15-,19+,21-/m0/s1. The van der Waals surface area contributed by atoms with E-state index in [9.17, 15) is 14.0 Å². The summed E-state index contributed by atoms with van der Waals surface area (Å²) in [5, 5.41) is 2.88. The molecule has 0 radical (unpaired) electrons. The number of amides is 2. The van der Waals surface area contributed by atoms with Crippen molar-refractivity contribution in [2.24, 2.45) is 11.8 Å². The largest absolute Gasteiger partial charge is 0.352 e. The number of nitrogens with one attached hydrogen (secondary N) is 1. The number of halogens is 1. The summed E-state index contributed by atoms with van der Waals surface area (Å²) in [5.41, 5.74) is 3.30. The molecule has 1 saturated carbocycles. The van der Waals surface area contributed by atoms with Gasteiger partial charge in [0.2, 0.25) is 11.8 Å². The molecule has 32 heavy (non-hydrogen) atoms. The van der Waals surface area contributed by atoms with Crippen molar-refractivity contribution in [3.63, 3.8) is 0 Å². The maximum absolute atomic E-state index is 13.0. The Morgan fingerprint density at radius 3 is 2.44 bits per heavy atom. The summed E-state index contributed by atoms with van der Waals surface area (Å²) >= 11 is 0. The van der Waals surface area contributed by atoms with Crippen LogP contribution in [0.4, 0.5) is 4.39 Å². The molecule has 6 nitrogen and oxygen atoms in total. The van der Waals surface area contributed by atoms with Gasteiger partial charge >= 0.3 is 0 Å². The van der Waals surface area contributed by atoms with E-state index in [2.05, 4.69) is 12.2 Å². The lowest BCUT2D eigenvalue weighted by molar-refractivity contribution is -0.134. The summed E-state index contributed by atoms with van der Waals surface area (Å²) in [6.07, 6.45) is 3.15. The second kappa shape index (κ2) is 9.35. The van der Waals surface area contributed by atoms with E-state index in [0.717, 1.165) is 54.1 Å². The van der Waals surface area contributed by atoms with Gasteiger partial charge in [-0.3, -0.25) is 9.59 Å². The summed E-state index contributed by atoms with van der Waals surface area (Å²) in [6.45, 7) is 7.81. The molecular formula is C25H31FN4O2. The molecule has 2 amide bonds. The number of hydrogen-bond donors (Lipinski definition) is 1. The van der Waals surface area contributed by atoms with E-state index in [-0.39, 0.29) is 35.9 Å². The molecule has 0 spiro atoms. The third-order valence-electron chi connectivity index (χ3n) is 6.70. The van der Waals surface area contributed by atoms with Gasteiger partial charge in [0.1, 0.15) is 11.6 Å². The molecule has 1 aliphatic heterocycles. The highest BCUT2D eigenvalue weighted by Crippen LogP contribution is 2.40. The maximum atomic E-state index is 13.0. The van der Waals surface area contributed by atoms with Crippen LogP contribution >= 0.6 is 0 Å². The molecule has 2 fully saturated rings. The van der Waals surface area contributed by atoms with Crippen LogP contribution in [0.25, 0.3) is 0 Å². The minimum Gasteiger partial charge on any atom is -0.352 e. The van der Waals surface area contributed by atoms with Crippen molar-refractivity contribution < 1.29 is 14.0 Å². The predicted octanol–water partition coefficient (Wildman–Crippen LogP) is 3.45. The second-order valence-corrected chi connectivity index (χ2v) is 9.25. The van der Waals surface area contributed by atoms with E-state index in [1.165, 1.54) is 12.1 Å². The molecule has 1 aromatic carbocycles. The van der Waals surface area contributed by atoms with E-state index in [1.807, 2.05) is 18.7 Å². The Morgan fingerprint density at radius 2 is 1.81 bits per heavy atom. The highest BCUT2D eigenvalue weighted by atomic mass is 19.1. The first-order valence-corrected chi connectivity index (χ1v) is 11.5. The average Bonchev–Trinajstić information content (AvgIpc) is 3.51. The summed E-state index contributed by atoms with van der Waals surface area (Å²) in [4.78, 5) is 36.6. The lowest BCUT2D eigenvalue weighted by Crippen LogP contribution is -2.40. The van der Waals surface area contributed by atoms with Gasteiger partial charge in [-0.1, -0.05) is 19.1 Å². The van der Waals surface area contributed by atoms with Crippen LogP contribution in [-0.2, 0) is 22.6 Å². The van der Waals surface area contributed by atoms with Crippen LogP contribution < -0.4 is 5.32 Å². The van der Waals surface area contributed by atoms with Gasteiger partial charge in [0.15, 0.2) is 0 Å². The van der Waals surface area contributed by atoms with Crippen LogP contribution in [0.2, 0.25) is 0 Å². The van der Waals surface area contributed by atoms with Gasteiger partial charge in [-0.2, -0.15) is 0 Å². The first-order valence-electron chi connectivity index (χ1n) is 11.5. The minimum atomic E-state index is -0.295. The van der Waals surface area contributed by atoms with Gasteiger partial charge in [-0.15, -0.1) is 0 Å². The van der Waals surface area contributed by atoms with Crippen LogP contribution in [0.3, 0.4) is 0 Å². The molecule has 1 N–H and O–H groups in total. The lowest BCUT2D eigenvalue weighted by Gasteiger charge is -2.32. The Labute approximate surface area is 188 Å². The van der Waals surface area contributed by atoms with E-state index < -0.39 is 0 Å². The number of aryl methyl sites for hydroxylation is 2. The molecule has 170 valence electrons. The van der Waals surface area contributed by atoms with E-state index in [4.69, 9.17) is 9.97 Å². The number of benzene rings is 1. The van der Waals surface area contributed by atoms with Crippen molar-refractivity contribution >= 4 is 11.8 Å². The van der Waals surface area contributed by atoms with Crippen LogP contribution in [-0.4, -0.2) is 39.8 Å². The molecule has 3 atom stereocenters.